The molecule has 2 unspecified atom stereocenters. The molecule has 3 N–H and O–H groups in total. The Hall–Kier alpha value is -1.23. The van der Waals surface area contributed by atoms with Crippen molar-refractivity contribution in [2.75, 3.05) is 12.8 Å². The Bertz CT molecular complexity index is 395. The van der Waals surface area contributed by atoms with Crippen molar-refractivity contribution in [3.8, 4) is 0 Å². The molecule has 1 heterocycles. The Labute approximate surface area is 99.4 Å². The second-order valence-corrected chi connectivity index (χ2v) is 4.60. The van der Waals surface area contributed by atoms with Gasteiger partial charge in [-0.1, -0.05) is 6.07 Å². The van der Waals surface area contributed by atoms with Crippen LogP contribution >= 0.6 is 0 Å². The van der Waals surface area contributed by atoms with Gasteiger partial charge in [0.15, 0.2) is 0 Å². The number of rotatable bonds is 3. The van der Waals surface area contributed by atoms with E-state index in [1.54, 1.807) is 19.3 Å². The monoisotopic (exact) mass is 241 g/mol. The average Bonchev–Trinajstić information content (AvgIpc) is 2.63. The van der Waals surface area contributed by atoms with Crippen LogP contribution in [0.5, 0.6) is 0 Å². The van der Waals surface area contributed by atoms with Crippen LogP contribution in [0.25, 0.3) is 0 Å². The molecular formula is C12H17F2N3. The maximum absolute atomic E-state index is 13.2. The van der Waals surface area contributed by atoms with E-state index in [0.717, 1.165) is 5.56 Å². The first-order valence-corrected chi connectivity index (χ1v) is 5.79. The molecular weight excluding hydrogens is 224 g/mol. The van der Waals surface area contributed by atoms with E-state index in [0.29, 0.717) is 12.2 Å². The van der Waals surface area contributed by atoms with E-state index in [1.165, 1.54) is 0 Å². The Kier molecular flexibility index (Phi) is 3.28. The number of nitrogens with zero attached hydrogens (tertiary/aromatic N) is 1. The molecule has 0 spiro atoms. The van der Waals surface area contributed by atoms with E-state index in [2.05, 4.69) is 10.3 Å². The first-order valence-electron chi connectivity index (χ1n) is 5.79. The standard InChI is InChI=1S/C12H17F2N3/c1-16-10(8-4-5-12(13,14)7-8)9-3-2-6-17-11(9)15/h2-3,6,8,10,16H,4-5,7H2,1H3,(H2,15,17). The number of nitrogens with one attached hydrogen (secondary N) is 1. The second-order valence-electron chi connectivity index (χ2n) is 4.60. The zero-order valence-electron chi connectivity index (χ0n) is 9.79. The minimum absolute atomic E-state index is 0.0317. The van der Waals surface area contributed by atoms with Gasteiger partial charge < -0.3 is 11.1 Å². The average molecular weight is 241 g/mol. The van der Waals surface area contributed by atoms with Crippen molar-refractivity contribution in [1.29, 1.82) is 0 Å². The van der Waals surface area contributed by atoms with Crippen LogP contribution in [0.4, 0.5) is 14.6 Å². The molecule has 1 aliphatic rings. The molecule has 3 nitrogen and oxygen atoms in total. The highest BCUT2D eigenvalue weighted by Crippen LogP contribution is 2.44. The van der Waals surface area contributed by atoms with Gasteiger partial charge in [-0.15, -0.1) is 0 Å². The van der Waals surface area contributed by atoms with Gasteiger partial charge in [0.2, 0.25) is 5.92 Å². The second kappa shape index (κ2) is 4.56. The lowest BCUT2D eigenvalue weighted by Gasteiger charge is -2.24. The van der Waals surface area contributed by atoms with Gasteiger partial charge in [-0.05, 0) is 25.5 Å². The summed E-state index contributed by atoms with van der Waals surface area (Å²) in [5.41, 5.74) is 6.61. The fraction of sp³-hybridized carbons (Fsp3) is 0.583. The molecule has 1 fully saturated rings. The van der Waals surface area contributed by atoms with Crippen LogP contribution in [0.3, 0.4) is 0 Å². The summed E-state index contributed by atoms with van der Waals surface area (Å²) in [6, 6.07) is 3.49. The van der Waals surface area contributed by atoms with E-state index < -0.39 is 5.92 Å². The first-order chi connectivity index (χ1) is 8.03. The third-order valence-electron chi connectivity index (χ3n) is 3.43. The fourth-order valence-corrected chi connectivity index (χ4v) is 2.61. The predicted octanol–water partition coefficient (Wildman–Crippen LogP) is 2.36. The molecule has 0 aliphatic heterocycles. The van der Waals surface area contributed by atoms with E-state index in [-0.39, 0.29) is 24.8 Å². The lowest BCUT2D eigenvalue weighted by Crippen LogP contribution is -2.26. The summed E-state index contributed by atoms with van der Waals surface area (Å²) in [7, 11) is 1.77. The Balaban J connectivity index is 2.21. The number of nitrogens with two attached hydrogens (primary N) is 1. The highest BCUT2D eigenvalue weighted by molar-refractivity contribution is 5.41. The fourth-order valence-electron chi connectivity index (χ4n) is 2.61. The number of pyridine rings is 1. The van der Waals surface area contributed by atoms with Crippen LogP contribution in [-0.2, 0) is 0 Å². The van der Waals surface area contributed by atoms with Crippen molar-refractivity contribution in [2.45, 2.75) is 31.2 Å². The zero-order chi connectivity index (χ0) is 12.5. The number of nitrogen functional groups attached to an aromatic ring is 1. The van der Waals surface area contributed by atoms with Gasteiger partial charge in [0.05, 0.1) is 0 Å². The summed E-state index contributed by atoms with van der Waals surface area (Å²) >= 11 is 0. The van der Waals surface area contributed by atoms with Gasteiger partial charge in [0, 0.05) is 30.6 Å². The molecule has 2 atom stereocenters. The normalized spacial score (nSPS) is 24.8. The molecule has 17 heavy (non-hydrogen) atoms. The lowest BCUT2D eigenvalue weighted by atomic mass is 9.92. The topological polar surface area (TPSA) is 50.9 Å². The van der Waals surface area contributed by atoms with E-state index >= 15 is 0 Å². The van der Waals surface area contributed by atoms with Gasteiger partial charge in [-0.25, -0.2) is 13.8 Å². The third kappa shape index (κ3) is 2.54. The Morgan fingerprint density at radius 2 is 2.35 bits per heavy atom. The van der Waals surface area contributed by atoms with Crippen LogP contribution < -0.4 is 11.1 Å². The van der Waals surface area contributed by atoms with Crippen LogP contribution in [0.15, 0.2) is 18.3 Å². The SMILES string of the molecule is CNC(c1cccnc1N)C1CCC(F)(F)C1. The third-order valence-corrected chi connectivity index (χ3v) is 3.43. The van der Waals surface area contributed by atoms with E-state index in [9.17, 15) is 8.78 Å². The molecule has 0 radical (unpaired) electrons. The summed E-state index contributed by atoms with van der Waals surface area (Å²) in [4.78, 5) is 4.01. The molecule has 1 aliphatic carbocycles. The molecule has 0 amide bonds. The van der Waals surface area contributed by atoms with Crippen LogP contribution in [0, 0.1) is 5.92 Å². The summed E-state index contributed by atoms with van der Waals surface area (Å²) < 4.78 is 26.5. The highest BCUT2D eigenvalue weighted by atomic mass is 19.3. The summed E-state index contributed by atoms with van der Waals surface area (Å²) in [6.45, 7) is 0. The number of hydrogen-bond donors (Lipinski definition) is 2. The number of halogens is 2. The van der Waals surface area contributed by atoms with Crippen molar-refractivity contribution in [2.24, 2.45) is 5.92 Å². The van der Waals surface area contributed by atoms with Crippen LogP contribution in [0.2, 0.25) is 0 Å². The minimum atomic E-state index is -2.53. The molecule has 2 rings (SSSR count). The number of anilines is 1. The molecule has 1 saturated carbocycles. The maximum Gasteiger partial charge on any atom is 0.248 e. The number of hydrogen-bond acceptors (Lipinski definition) is 3. The van der Waals surface area contributed by atoms with Crippen molar-refractivity contribution in [3.63, 3.8) is 0 Å². The smallest absolute Gasteiger partial charge is 0.248 e. The molecule has 0 bridgehead atoms. The van der Waals surface area contributed by atoms with Gasteiger partial charge in [-0.2, -0.15) is 0 Å². The Morgan fingerprint density at radius 1 is 1.59 bits per heavy atom. The predicted molar refractivity (Wildman–Crippen MR) is 62.7 cm³/mol. The van der Waals surface area contributed by atoms with Crippen molar-refractivity contribution in [3.05, 3.63) is 23.9 Å². The molecule has 1 aromatic rings. The van der Waals surface area contributed by atoms with Crippen molar-refractivity contribution in [1.82, 2.24) is 10.3 Å². The van der Waals surface area contributed by atoms with Gasteiger partial charge in [0.25, 0.3) is 0 Å². The minimum Gasteiger partial charge on any atom is -0.383 e. The van der Waals surface area contributed by atoms with E-state index in [4.69, 9.17) is 5.73 Å². The molecule has 0 saturated heterocycles. The summed E-state index contributed by atoms with van der Waals surface area (Å²) in [6.07, 6.45) is 2.02. The highest BCUT2D eigenvalue weighted by Gasteiger charge is 2.42. The summed E-state index contributed by atoms with van der Waals surface area (Å²) in [5.74, 6) is -2.19. The Morgan fingerprint density at radius 3 is 2.88 bits per heavy atom. The maximum atomic E-state index is 13.2. The zero-order valence-corrected chi connectivity index (χ0v) is 9.79. The summed E-state index contributed by atoms with van der Waals surface area (Å²) in [5, 5.41) is 3.09. The van der Waals surface area contributed by atoms with Crippen LogP contribution in [-0.4, -0.2) is 18.0 Å². The van der Waals surface area contributed by atoms with E-state index in [1.807, 2.05) is 6.07 Å². The van der Waals surface area contributed by atoms with Crippen molar-refractivity contribution >= 4 is 5.82 Å². The molecule has 5 heteroatoms. The van der Waals surface area contributed by atoms with Gasteiger partial charge in [-0.3, -0.25) is 0 Å². The van der Waals surface area contributed by atoms with Crippen LogP contribution in [0.1, 0.15) is 30.9 Å². The quantitative estimate of drug-likeness (QED) is 0.854. The first kappa shape index (κ1) is 12.2. The molecule has 0 aromatic carbocycles. The molecule has 94 valence electrons. The lowest BCUT2D eigenvalue weighted by molar-refractivity contribution is 0.00340. The number of alkyl halides is 2. The van der Waals surface area contributed by atoms with Gasteiger partial charge in [0.1, 0.15) is 5.82 Å². The van der Waals surface area contributed by atoms with Crippen molar-refractivity contribution < 1.29 is 8.78 Å². The number of aromatic nitrogens is 1. The molecule has 1 aromatic heterocycles. The largest absolute Gasteiger partial charge is 0.383 e. The van der Waals surface area contributed by atoms with Gasteiger partial charge >= 0.3 is 0 Å².